The molecule has 40 heavy (non-hydrogen) atoms. The van der Waals surface area contributed by atoms with Crippen LogP contribution in [0.3, 0.4) is 0 Å². The molecule has 0 aliphatic heterocycles. The van der Waals surface area contributed by atoms with Crippen molar-refractivity contribution >= 4 is 29.5 Å². The van der Waals surface area contributed by atoms with Crippen molar-refractivity contribution in [3.8, 4) is 17.2 Å². The van der Waals surface area contributed by atoms with E-state index >= 15 is 0 Å². The fraction of sp³-hybridized carbons (Fsp3) is 0.281. The maximum absolute atomic E-state index is 12.6. The molecule has 0 aliphatic rings. The fourth-order valence-electron chi connectivity index (χ4n) is 3.67. The predicted molar refractivity (Wildman–Crippen MR) is 153 cm³/mol. The summed E-state index contributed by atoms with van der Waals surface area (Å²) < 4.78 is 21.4. The number of hydrogen-bond acceptors (Lipinski definition) is 7. The summed E-state index contributed by atoms with van der Waals surface area (Å²) >= 11 is 6.30. The van der Waals surface area contributed by atoms with Crippen molar-refractivity contribution in [1.29, 1.82) is 0 Å². The summed E-state index contributed by atoms with van der Waals surface area (Å²) in [4.78, 5) is 36.2. The minimum Gasteiger partial charge on any atom is -0.494 e. The van der Waals surface area contributed by atoms with E-state index in [-0.39, 0.29) is 16.3 Å². The Labute approximate surface area is 239 Å². The molecule has 210 valence electrons. The minimum absolute atomic E-state index is 0.106. The van der Waals surface area contributed by atoms with Gasteiger partial charge in [-0.15, -0.1) is 0 Å². The number of esters is 3. The van der Waals surface area contributed by atoms with Gasteiger partial charge < -0.3 is 18.9 Å². The third-order valence-electron chi connectivity index (χ3n) is 5.88. The summed E-state index contributed by atoms with van der Waals surface area (Å²) in [5.74, 6) is -0.413. The number of ether oxygens (including phenoxy) is 4. The summed E-state index contributed by atoms with van der Waals surface area (Å²) in [6, 6.07) is 18.3. The lowest BCUT2D eigenvalue weighted by Gasteiger charge is -2.10. The van der Waals surface area contributed by atoms with Gasteiger partial charge in [0, 0.05) is 12.1 Å². The van der Waals surface area contributed by atoms with Crippen LogP contribution < -0.4 is 14.2 Å². The number of unbranched alkanes of at least 4 members (excludes halogenated alkanes) is 3. The zero-order valence-electron chi connectivity index (χ0n) is 22.5. The van der Waals surface area contributed by atoms with E-state index in [1.54, 1.807) is 36.4 Å². The predicted octanol–water partition coefficient (Wildman–Crippen LogP) is 7.40. The minimum atomic E-state index is -0.602. The average Bonchev–Trinajstić information content (AvgIpc) is 2.96. The number of rotatable bonds is 15. The van der Waals surface area contributed by atoms with Crippen molar-refractivity contribution in [2.75, 3.05) is 13.2 Å². The van der Waals surface area contributed by atoms with Crippen LogP contribution in [0.15, 0.2) is 79.4 Å². The second-order valence-electron chi connectivity index (χ2n) is 8.97. The molecule has 3 rings (SSSR count). The van der Waals surface area contributed by atoms with Gasteiger partial charge in [-0.25, -0.2) is 14.4 Å². The Morgan fingerprint density at radius 1 is 0.775 bits per heavy atom. The largest absolute Gasteiger partial charge is 0.494 e. The van der Waals surface area contributed by atoms with Crippen LogP contribution >= 0.6 is 11.6 Å². The maximum Gasteiger partial charge on any atom is 0.345 e. The Balaban J connectivity index is 1.47. The van der Waals surface area contributed by atoms with Gasteiger partial charge in [0.25, 0.3) is 0 Å². The average molecular weight is 565 g/mol. The van der Waals surface area contributed by atoms with Crippen molar-refractivity contribution in [3.63, 3.8) is 0 Å². The van der Waals surface area contributed by atoms with Crippen LogP contribution in [-0.2, 0) is 16.0 Å². The van der Waals surface area contributed by atoms with Crippen LogP contribution in [0.5, 0.6) is 17.2 Å². The highest BCUT2D eigenvalue weighted by Gasteiger charge is 2.16. The van der Waals surface area contributed by atoms with Crippen LogP contribution in [0.1, 0.15) is 65.3 Å². The maximum atomic E-state index is 12.6. The zero-order chi connectivity index (χ0) is 28.7. The number of aryl methyl sites for hydroxylation is 1. The van der Waals surface area contributed by atoms with E-state index in [0.717, 1.165) is 25.3 Å². The van der Waals surface area contributed by atoms with E-state index in [1.807, 2.05) is 12.1 Å². The molecule has 3 aromatic carbocycles. The lowest BCUT2D eigenvalue weighted by atomic mass is 10.1. The van der Waals surface area contributed by atoms with Crippen molar-refractivity contribution in [3.05, 3.63) is 101 Å². The topological polar surface area (TPSA) is 88.1 Å². The molecule has 3 aromatic rings. The first-order valence-electron chi connectivity index (χ1n) is 13.2. The van der Waals surface area contributed by atoms with Crippen LogP contribution in [0.4, 0.5) is 0 Å². The number of carbonyl (C=O) groups is 3. The molecule has 0 heterocycles. The molecule has 0 bridgehead atoms. The summed E-state index contributed by atoms with van der Waals surface area (Å²) in [5.41, 5.74) is 1.68. The quantitative estimate of drug-likeness (QED) is 0.0822. The molecule has 8 heteroatoms. The third kappa shape index (κ3) is 9.89. The van der Waals surface area contributed by atoms with Gasteiger partial charge in [0.15, 0.2) is 0 Å². The van der Waals surface area contributed by atoms with E-state index in [9.17, 15) is 14.4 Å². The molecule has 0 saturated carbocycles. The zero-order valence-corrected chi connectivity index (χ0v) is 23.3. The summed E-state index contributed by atoms with van der Waals surface area (Å²) in [5, 5.41) is 0.106. The van der Waals surface area contributed by atoms with Gasteiger partial charge in [0.05, 0.1) is 29.4 Å². The van der Waals surface area contributed by atoms with Crippen molar-refractivity contribution in [1.82, 2.24) is 0 Å². The normalized spacial score (nSPS) is 10.4. The highest BCUT2D eigenvalue weighted by molar-refractivity contribution is 6.33. The Bertz CT molecular complexity index is 1280. The Morgan fingerprint density at radius 2 is 1.43 bits per heavy atom. The van der Waals surface area contributed by atoms with Gasteiger partial charge in [-0.05, 0) is 79.8 Å². The smallest absolute Gasteiger partial charge is 0.345 e. The second kappa shape index (κ2) is 16.1. The van der Waals surface area contributed by atoms with Gasteiger partial charge in [-0.2, -0.15) is 0 Å². The molecule has 0 fully saturated rings. The van der Waals surface area contributed by atoms with Crippen molar-refractivity contribution in [2.45, 2.75) is 45.4 Å². The highest BCUT2D eigenvalue weighted by Crippen LogP contribution is 2.25. The van der Waals surface area contributed by atoms with Crippen molar-refractivity contribution < 1.29 is 33.3 Å². The van der Waals surface area contributed by atoms with Gasteiger partial charge in [0.1, 0.15) is 17.2 Å². The van der Waals surface area contributed by atoms with E-state index in [2.05, 4.69) is 13.5 Å². The van der Waals surface area contributed by atoms with Gasteiger partial charge in [-0.1, -0.05) is 50.1 Å². The van der Waals surface area contributed by atoms with Crippen LogP contribution in [0.25, 0.3) is 0 Å². The van der Waals surface area contributed by atoms with E-state index in [4.69, 9.17) is 30.5 Å². The first kappa shape index (κ1) is 30.4. The SMILES string of the molecule is C=CC(=O)OCCCCOc1ccc(C(=O)Oc2ccc(C(=O)Oc3ccc(CCCCC)cc3)c(Cl)c2)cc1. The molecule has 0 radical (unpaired) electrons. The molecule has 0 N–H and O–H groups in total. The summed E-state index contributed by atoms with van der Waals surface area (Å²) in [6.45, 7) is 6.25. The standard InChI is InChI=1S/C32H33ClO7/c1-3-5-6-9-23-10-14-26(15-11-23)39-32(36)28-19-18-27(22-29(28)33)40-31(35)24-12-16-25(17-13-24)37-20-7-8-21-38-30(34)4-2/h4,10-19,22H,2-3,5-9,20-21H2,1H3. The highest BCUT2D eigenvalue weighted by atomic mass is 35.5. The summed E-state index contributed by atoms with van der Waals surface area (Å²) in [7, 11) is 0. The van der Waals surface area contributed by atoms with Gasteiger partial charge in [-0.3, -0.25) is 0 Å². The number of carbonyl (C=O) groups excluding carboxylic acids is 3. The molecular formula is C32H33ClO7. The molecule has 0 saturated heterocycles. The Morgan fingerprint density at radius 3 is 2.10 bits per heavy atom. The first-order chi connectivity index (χ1) is 19.4. The first-order valence-corrected chi connectivity index (χ1v) is 13.6. The summed E-state index contributed by atoms with van der Waals surface area (Å²) in [6.07, 6.45) is 6.95. The lowest BCUT2D eigenvalue weighted by Crippen LogP contribution is -2.11. The van der Waals surface area contributed by atoms with Crippen molar-refractivity contribution in [2.24, 2.45) is 0 Å². The number of benzene rings is 3. The molecule has 0 spiro atoms. The van der Waals surface area contributed by atoms with E-state index in [0.29, 0.717) is 43.1 Å². The monoisotopic (exact) mass is 564 g/mol. The Kier molecular flexibility index (Phi) is 12.3. The van der Waals surface area contributed by atoms with Crippen LogP contribution in [-0.4, -0.2) is 31.1 Å². The fourth-order valence-corrected chi connectivity index (χ4v) is 3.92. The van der Waals surface area contributed by atoms with Crippen LogP contribution in [0.2, 0.25) is 5.02 Å². The molecular weight excluding hydrogens is 532 g/mol. The molecule has 0 aromatic heterocycles. The molecule has 0 atom stereocenters. The Hall–Kier alpha value is -4.10. The number of hydrogen-bond donors (Lipinski definition) is 0. The lowest BCUT2D eigenvalue weighted by molar-refractivity contribution is -0.137. The molecule has 0 amide bonds. The van der Waals surface area contributed by atoms with Crippen LogP contribution in [0, 0.1) is 0 Å². The molecule has 0 aliphatic carbocycles. The van der Waals surface area contributed by atoms with Gasteiger partial charge >= 0.3 is 17.9 Å². The molecule has 0 unspecified atom stereocenters. The van der Waals surface area contributed by atoms with Gasteiger partial charge in [0.2, 0.25) is 0 Å². The van der Waals surface area contributed by atoms with E-state index in [1.165, 1.54) is 30.2 Å². The number of halogens is 1. The molecule has 7 nitrogen and oxygen atoms in total. The second-order valence-corrected chi connectivity index (χ2v) is 9.38. The third-order valence-corrected chi connectivity index (χ3v) is 6.20. The van der Waals surface area contributed by atoms with E-state index < -0.39 is 17.9 Å².